The number of H-pyrrole nitrogens is 1. The number of phenolic OH excluding ortho intramolecular Hbond substituents is 1. The van der Waals surface area contributed by atoms with Crippen molar-refractivity contribution in [3.8, 4) is 28.2 Å². The van der Waals surface area contributed by atoms with Crippen LogP contribution in [0.4, 0.5) is 5.95 Å². The molecule has 298 valence electrons. The summed E-state index contributed by atoms with van der Waals surface area (Å²) in [7, 11) is -4.49. The lowest BCUT2D eigenvalue weighted by Crippen LogP contribution is -2.26. The van der Waals surface area contributed by atoms with Gasteiger partial charge in [0.05, 0.1) is 31.2 Å². The van der Waals surface area contributed by atoms with Crippen LogP contribution in [0.2, 0.25) is 0 Å². The molecule has 19 nitrogen and oxygen atoms in total. The maximum absolute atomic E-state index is 13.2. The zero-order valence-corrected chi connectivity index (χ0v) is 30.9. The SMILES string of the molecule is Nc1nc2c(ncn2[C@H]2C[C@H](O)[C@@H](COP(=O)(O)OCCCCCCNC(=O)c3ccc(C(=O)O)c(-c4c5ccc(=O)cc-5oc5cc(O)ccc45)c3)O2)c(=O)[nH]1. The predicted octanol–water partition coefficient (Wildman–Crippen LogP) is 3.76. The molecule has 8 N–H and O–H groups in total. The molecule has 7 rings (SSSR count). The fourth-order valence-electron chi connectivity index (χ4n) is 6.69. The van der Waals surface area contributed by atoms with E-state index in [1.807, 2.05) is 0 Å². The van der Waals surface area contributed by atoms with Gasteiger partial charge in [-0.05, 0) is 60.9 Å². The number of anilines is 1. The molecule has 3 aliphatic rings. The second kappa shape index (κ2) is 16.3. The van der Waals surface area contributed by atoms with Crippen LogP contribution >= 0.6 is 7.82 Å². The molecule has 2 aliphatic heterocycles. The van der Waals surface area contributed by atoms with E-state index in [0.717, 1.165) is 0 Å². The van der Waals surface area contributed by atoms with E-state index in [2.05, 4.69) is 20.3 Å². The molecule has 4 heterocycles. The van der Waals surface area contributed by atoms with Crippen molar-refractivity contribution in [2.45, 2.75) is 50.5 Å². The second-order valence-electron chi connectivity index (χ2n) is 13.4. The molecule has 1 unspecified atom stereocenters. The van der Waals surface area contributed by atoms with Crippen molar-refractivity contribution in [2.75, 3.05) is 25.5 Å². The number of aromatic amines is 1. The van der Waals surface area contributed by atoms with Gasteiger partial charge in [-0.1, -0.05) is 12.8 Å². The summed E-state index contributed by atoms with van der Waals surface area (Å²) in [5.74, 6) is -1.70. The number of carbonyl (C=O) groups excluding carboxylic acids is 1. The molecule has 2 aromatic heterocycles. The number of benzene rings is 3. The normalized spacial score (nSPS) is 18.0. The molecule has 1 aliphatic carbocycles. The Morgan fingerprint density at radius 3 is 2.65 bits per heavy atom. The summed E-state index contributed by atoms with van der Waals surface area (Å²) in [6.07, 6.45) is 0.775. The molecule has 20 heteroatoms. The number of rotatable bonds is 15. The van der Waals surface area contributed by atoms with Crippen molar-refractivity contribution >= 4 is 47.8 Å². The molecule has 57 heavy (non-hydrogen) atoms. The number of fused-ring (bicyclic) bond motifs is 3. The van der Waals surface area contributed by atoms with Gasteiger partial charge in [0, 0.05) is 47.2 Å². The number of hydrogen-bond acceptors (Lipinski definition) is 14. The third-order valence-electron chi connectivity index (χ3n) is 9.44. The second-order valence-corrected chi connectivity index (χ2v) is 14.8. The van der Waals surface area contributed by atoms with Crippen LogP contribution in [-0.4, -0.2) is 83.6 Å². The van der Waals surface area contributed by atoms with Crippen LogP contribution in [0.25, 0.3) is 44.6 Å². The first kappa shape index (κ1) is 39.3. The highest BCUT2D eigenvalue weighted by Crippen LogP contribution is 2.45. The smallest absolute Gasteiger partial charge is 0.472 e. The molecule has 1 saturated heterocycles. The van der Waals surface area contributed by atoms with Crippen molar-refractivity contribution in [1.29, 1.82) is 0 Å². The van der Waals surface area contributed by atoms with Crippen molar-refractivity contribution in [1.82, 2.24) is 24.8 Å². The number of unbranched alkanes of at least 4 members (excludes halogenated alkanes) is 3. The number of aromatic hydroxyl groups is 1. The van der Waals surface area contributed by atoms with Gasteiger partial charge >= 0.3 is 13.8 Å². The molecule has 0 saturated carbocycles. The average Bonchev–Trinajstić information content (AvgIpc) is 3.76. The van der Waals surface area contributed by atoms with Crippen molar-refractivity contribution in [3.05, 3.63) is 92.6 Å². The number of phenols is 1. The highest BCUT2D eigenvalue weighted by Gasteiger charge is 2.38. The number of nitrogens with zero attached hydrogens (tertiary/aromatic N) is 3. The van der Waals surface area contributed by atoms with E-state index >= 15 is 0 Å². The fraction of sp³-hybridized carbons (Fsp3) is 0.297. The summed E-state index contributed by atoms with van der Waals surface area (Å²) in [5.41, 5.74) is 6.39. The van der Waals surface area contributed by atoms with E-state index in [-0.39, 0.29) is 69.4 Å². The zero-order valence-electron chi connectivity index (χ0n) is 30.0. The Balaban J connectivity index is 0.881. The highest BCUT2D eigenvalue weighted by atomic mass is 31.2. The van der Waals surface area contributed by atoms with Crippen molar-refractivity contribution in [3.63, 3.8) is 0 Å². The number of aliphatic hydroxyl groups excluding tert-OH is 1. The highest BCUT2D eigenvalue weighted by molar-refractivity contribution is 7.47. The average molecular weight is 805 g/mol. The molecular formula is C37H37N6O13P. The number of nitrogens with two attached hydrogens (primary N) is 1. The number of aliphatic hydroxyl groups is 1. The molecule has 0 bridgehead atoms. The van der Waals surface area contributed by atoms with Gasteiger partial charge in [-0.2, -0.15) is 4.98 Å². The largest absolute Gasteiger partial charge is 0.508 e. The molecule has 4 atom stereocenters. The minimum absolute atomic E-state index is 0.0366. The lowest BCUT2D eigenvalue weighted by molar-refractivity contribution is -0.0439. The van der Waals surface area contributed by atoms with Gasteiger partial charge in [-0.15, -0.1) is 0 Å². The minimum Gasteiger partial charge on any atom is -0.508 e. The first-order chi connectivity index (χ1) is 27.3. The number of hydrogen-bond donors (Lipinski definition) is 7. The van der Waals surface area contributed by atoms with E-state index in [0.29, 0.717) is 48.7 Å². The Kier molecular flexibility index (Phi) is 11.2. The number of nitrogens with one attached hydrogen (secondary N) is 2. The standard InChI is InChI=1S/C37H37N6O13P/c38-37-41-33-32(35(48)42-37)40-18-43(33)30-16-26(46)29(56-30)17-54-57(51,52)53-12-4-2-1-3-11-39-34(47)19-5-8-22(36(49)50)25(13-19)31-23-9-6-20(44)14-27(23)55-28-15-21(45)7-10-24(28)31/h5-10,13-15,18,26,29-30,44,46H,1-4,11-12,16-17H2,(H,39,47)(H,49,50)(H,51,52)(H3,38,41,42,48)/t26-,29+,30+/m0/s1. The number of amides is 1. The van der Waals surface area contributed by atoms with Crippen molar-refractivity contribution < 1.29 is 52.6 Å². The first-order valence-corrected chi connectivity index (χ1v) is 19.3. The summed E-state index contributed by atoms with van der Waals surface area (Å²) >= 11 is 0. The number of carbonyl (C=O) groups is 2. The summed E-state index contributed by atoms with van der Waals surface area (Å²) < 4.78 is 35.8. The number of phosphoric ester groups is 1. The Labute approximate surface area is 321 Å². The van der Waals surface area contributed by atoms with Gasteiger partial charge in [-0.3, -0.25) is 33.0 Å². The molecule has 0 radical (unpaired) electrons. The van der Waals surface area contributed by atoms with Crippen molar-refractivity contribution in [2.24, 2.45) is 0 Å². The van der Waals surface area contributed by atoms with E-state index in [1.165, 1.54) is 59.4 Å². The monoisotopic (exact) mass is 804 g/mol. The van der Waals surface area contributed by atoms with Gasteiger partial charge in [0.1, 0.15) is 29.4 Å². The molecule has 1 fully saturated rings. The number of carboxylic acids is 1. The number of nitrogen functional groups attached to an aromatic ring is 1. The lowest BCUT2D eigenvalue weighted by atomic mass is 9.89. The Morgan fingerprint density at radius 2 is 1.84 bits per heavy atom. The number of phosphoric acid groups is 1. The molecule has 0 spiro atoms. The lowest BCUT2D eigenvalue weighted by Gasteiger charge is -2.18. The van der Waals surface area contributed by atoms with Crippen LogP contribution in [0, 0.1) is 0 Å². The first-order valence-electron chi connectivity index (χ1n) is 17.8. The number of imidazole rings is 1. The topological polar surface area (TPSA) is 292 Å². The van der Waals surface area contributed by atoms with Gasteiger partial charge < -0.3 is 40.4 Å². The number of ether oxygens (including phenoxy) is 1. The quantitative estimate of drug-likeness (QED) is 0.0442. The molecular weight excluding hydrogens is 767 g/mol. The van der Waals surface area contributed by atoms with Gasteiger partial charge in [0.2, 0.25) is 5.95 Å². The molecule has 2 aromatic carbocycles. The minimum atomic E-state index is -4.49. The van der Waals surface area contributed by atoms with Crippen LogP contribution in [0.1, 0.15) is 59.0 Å². The Hall–Kier alpha value is -5.95. The number of aromatic nitrogens is 4. The fourth-order valence-corrected chi connectivity index (χ4v) is 7.46. The maximum atomic E-state index is 13.2. The third-order valence-corrected chi connectivity index (χ3v) is 10.4. The summed E-state index contributed by atoms with van der Waals surface area (Å²) in [5, 5.41) is 33.9. The van der Waals surface area contributed by atoms with Crippen LogP contribution in [0.5, 0.6) is 5.75 Å². The van der Waals surface area contributed by atoms with Crippen LogP contribution in [0.15, 0.2) is 74.9 Å². The summed E-state index contributed by atoms with van der Waals surface area (Å²) in [6, 6.07) is 12.7. The molecule has 1 amide bonds. The van der Waals surface area contributed by atoms with Gasteiger partial charge in [0.25, 0.3) is 11.5 Å². The summed E-state index contributed by atoms with van der Waals surface area (Å²) in [6.45, 7) is -0.252. The van der Waals surface area contributed by atoms with E-state index in [1.54, 1.807) is 6.07 Å². The Morgan fingerprint density at radius 1 is 1.04 bits per heavy atom. The van der Waals surface area contributed by atoms with Crippen LogP contribution in [0.3, 0.4) is 0 Å². The summed E-state index contributed by atoms with van der Waals surface area (Å²) in [4.78, 5) is 70.4. The Bertz CT molecular complexity index is 2620. The van der Waals surface area contributed by atoms with Crippen LogP contribution in [-0.2, 0) is 18.3 Å². The third kappa shape index (κ3) is 8.58. The molecule has 4 aromatic rings. The predicted molar refractivity (Wildman–Crippen MR) is 203 cm³/mol. The zero-order chi connectivity index (χ0) is 40.4. The number of aromatic carboxylic acids is 1. The maximum Gasteiger partial charge on any atom is 0.472 e. The van der Waals surface area contributed by atoms with E-state index in [4.69, 9.17) is 23.9 Å². The van der Waals surface area contributed by atoms with Gasteiger partial charge in [-0.25, -0.2) is 14.3 Å². The van der Waals surface area contributed by atoms with Gasteiger partial charge in [0.15, 0.2) is 16.6 Å². The number of carboxylic acid groups (broad SMARTS) is 1. The van der Waals surface area contributed by atoms with E-state index < -0.39 is 50.3 Å². The van der Waals surface area contributed by atoms with Crippen LogP contribution < -0.4 is 22.0 Å². The van der Waals surface area contributed by atoms with E-state index in [9.17, 15) is 44.0 Å².